The highest BCUT2D eigenvalue weighted by molar-refractivity contribution is 7.95. The monoisotopic (exact) mass is 614 g/mol. The molecular formula is C30H30N8O3S2. The average molecular weight is 615 g/mol. The first kappa shape index (κ1) is 31.0. The molecule has 1 aliphatic carbocycles. The summed E-state index contributed by atoms with van der Waals surface area (Å²) in [7, 11) is 0. The van der Waals surface area contributed by atoms with Crippen LogP contribution < -0.4 is 21.3 Å². The third kappa shape index (κ3) is 8.55. The molecule has 13 heteroatoms. The average Bonchev–Trinajstić information content (AvgIpc) is 3.64. The van der Waals surface area contributed by atoms with Crippen LogP contribution in [0, 0.1) is 17.2 Å². The number of rotatable bonds is 14. The van der Waals surface area contributed by atoms with E-state index in [-0.39, 0.29) is 29.9 Å². The van der Waals surface area contributed by atoms with Crippen LogP contribution in [0.4, 0.5) is 5.13 Å². The molecule has 43 heavy (non-hydrogen) atoms. The van der Waals surface area contributed by atoms with Crippen molar-refractivity contribution >= 4 is 52.1 Å². The molecule has 0 bridgehead atoms. The Hall–Kier alpha value is -4.90. The van der Waals surface area contributed by atoms with Crippen LogP contribution in [-0.4, -0.2) is 32.6 Å². The Labute approximate surface area is 257 Å². The van der Waals surface area contributed by atoms with Crippen molar-refractivity contribution in [1.82, 2.24) is 24.9 Å². The van der Waals surface area contributed by atoms with Gasteiger partial charge in [0.25, 0.3) is 5.91 Å². The van der Waals surface area contributed by atoms with E-state index >= 15 is 0 Å². The summed E-state index contributed by atoms with van der Waals surface area (Å²) >= 11 is 2.14. The number of anilines is 1. The fourth-order valence-electron chi connectivity index (χ4n) is 3.72. The number of nitrogens with zero attached hydrogens (tertiary/aromatic N) is 4. The fraction of sp³-hybridized carbons (Fsp3) is 0.167. The second-order valence-electron chi connectivity index (χ2n) is 9.31. The summed E-state index contributed by atoms with van der Waals surface area (Å²) in [5, 5.41) is 22.5. The Morgan fingerprint density at radius 1 is 1.30 bits per heavy atom. The number of nitriles is 1. The van der Waals surface area contributed by atoms with Crippen LogP contribution in [0.3, 0.4) is 0 Å². The van der Waals surface area contributed by atoms with Crippen molar-refractivity contribution in [2.45, 2.75) is 19.8 Å². The minimum Gasteiger partial charge on any atom is -0.490 e. The summed E-state index contributed by atoms with van der Waals surface area (Å²) in [6.45, 7) is 9.62. The van der Waals surface area contributed by atoms with Gasteiger partial charge in [-0.25, -0.2) is 4.98 Å². The van der Waals surface area contributed by atoms with E-state index in [1.54, 1.807) is 37.3 Å². The highest BCUT2D eigenvalue weighted by Gasteiger charge is 2.29. The van der Waals surface area contributed by atoms with E-state index < -0.39 is 0 Å². The van der Waals surface area contributed by atoms with E-state index in [2.05, 4.69) is 39.4 Å². The van der Waals surface area contributed by atoms with Crippen molar-refractivity contribution in [3.63, 3.8) is 0 Å². The lowest BCUT2D eigenvalue weighted by Crippen LogP contribution is -2.30. The first-order chi connectivity index (χ1) is 20.8. The van der Waals surface area contributed by atoms with Crippen molar-refractivity contribution in [2.75, 3.05) is 12.0 Å². The van der Waals surface area contributed by atoms with Gasteiger partial charge in [-0.1, -0.05) is 60.9 Å². The van der Waals surface area contributed by atoms with Gasteiger partial charge in [0.1, 0.15) is 18.4 Å². The maximum atomic E-state index is 13.0. The zero-order valence-corrected chi connectivity index (χ0v) is 25.0. The molecule has 0 saturated heterocycles. The van der Waals surface area contributed by atoms with Gasteiger partial charge in [0, 0.05) is 17.2 Å². The summed E-state index contributed by atoms with van der Waals surface area (Å²) in [6.07, 6.45) is 11.8. The second kappa shape index (κ2) is 14.8. The molecule has 4 rings (SSSR count). The lowest BCUT2D eigenvalue weighted by Gasteiger charge is -2.08. The molecule has 220 valence electrons. The van der Waals surface area contributed by atoms with Crippen LogP contribution >= 0.6 is 23.5 Å². The third-order valence-electron chi connectivity index (χ3n) is 6.01. The number of carbonyl (C=O) groups excluding carboxylic acids is 2. The van der Waals surface area contributed by atoms with Gasteiger partial charge in [-0.15, -0.1) is 0 Å². The minimum atomic E-state index is -0.314. The number of amides is 2. The number of nitrogens with one attached hydrogen (secondary N) is 3. The molecule has 1 aliphatic rings. The van der Waals surface area contributed by atoms with Gasteiger partial charge in [-0.2, -0.15) is 14.4 Å². The molecule has 0 spiro atoms. The number of ether oxygens (including phenoxy) is 1. The molecule has 0 unspecified atom stereocenters. The number of hydrogen-bond donors (Lipinski definition) is 4. The molecule has 5 N–H and O–H groups in total. The molecule has 2 amide bonds. The Bertz CT molecular complexity index is 1640. The van der Waals surface area contributed by atoms with Crippen LogP contribution in [0.5, 0.6) is 0 Å². The van der Waals surface area contributed by atoms with E-state index in [0.29, 0.717) is 38.4 Å². The van der Waals surface area contributed by atoms with E-state index in [9.17, 15) is 14.9 Å². The molecule has 0 aliphatic heterocycles. The SMILES string of the molecule is C=C(/C=C\C=C(/C)NC(=O)c1cnn(SN)c1-c1ccccc1)OC/C=C\c1nc(NNC(=O)C2CC2)sc1C(=C)C#N. The zero-order valence-electron chi connectivity index (χ0n) is 23.4. The maximum absolute atomic E-state index is 13.0. The van der Waals surface area contributed by atoms with Crippen molar-refractivity contribution in [3.05, 3.63) is 102 Å². The molecule has 2 aromatic heterocycles. The summed E-state index contributed by atoms with van der Waals surface area (Å²) < 4.78 is 7.13. The number of aromatic nitrogens is 3. The van der Waals surface area contributed by atoms with Crippen molar-refractivity contribution < 1.29 is 14.3 Å². The van der Waals surface area contributed by atoms with Gasteiger partial charge >= 0.3 is 0 Å². The fourth-order valence-corrected chi connectivity index (χ4v) is 4.96. The van der Waals surface area contributed by atoms with Gasteiger partial charge < -0.3 is 10.1 Å². The van der Waals surface area contributed by atoms with Gasteiger partial charge in [-0.05, 0) is 44.1 Å². The van der Waals surface area contributed by atoms with Crippen LogP contribution in [0.25, 0.3) is 22.9 Å². The van der Waals surface area contributed by atoms with E-state index in [1.807, 2.05) is 36.4 Å². The number of nitrogens with two attached hydrogens (primary N) is 1. The quantitative estimate of drug-likeness (QED) is 0.0629. The maximum Gasteiger partial charge on any atom is 0.259 e. The van der Waals surface area contributed by atoms with Gasteiger partial charge in [0.15, 0.2) is 0 Å². The molecule has 1 fully saturated rings. The van der Waals surface area contributed by atoms with Crippen molar-refractivity contribution in [2.24, 2.45) is 11.1 Å². The van der Waals surface area contributed by atoms with Crippen LogP contribution in [0.15, 0.2) is 85.4 Å². The summed E-state index contributed by atoms with van der Waals surface area (Å²) in [4.78, 5) is 29.9. The molecular weight excluding hydrogens is 585 g/mol. The molecule has 2 heterocycles. The van der Waals surface area contributed by atoms with Gasteiger partial charge in [0.2, 0.25) is 11.0 Å². The van der Waals surface area contributed by atoms with Crippen LogP contribution in [0.2, 0.25) is 0 Å². The number of allylic oxidation sites excluding steroid dienone is 5. The Balaban J connectivity index is 1.29. The predicted molar refractivity (Wildman–Crippen MR) is 171 cm³/mol. The summed E-state index contributed by atoms with van der Waals surface area (Å²) in [5.41, 5.74) is 8.68. The Morgan fingerprint density at radius 2 is 2.07 bits per heavy atom. The molecule has 0 radical (unpaired) electrons. The topological polar surface area (TPSA) is 160 Å². The van der Waals surface area contributed by atoms with Crippen molar-refractivity contribution in [3.8, 4) is 17.3 Å². The molecule has 3 aromatic rings. The smallest absolute Gasteiger partial charge is 0.259 e. The third-order valence-corrected chi connectivity index (χ3v) is 7.54. The number of carbonyl (C=O) groups is 2. The number of thiazole rings is 1. The first-order valence-electron chi connectivity index (χ1n) is 13.1. The molecule has 1 aromatic carbocycles. The van der Waals surface area contributed by atoms with Crippen molar-refractivity contribution in [1.29, 1.82) is 5.26 Å². The standard InChI is InChI=1S/C30H30N8O3S2/c1-19(17-31)27-25(35-30(42-27)37-36-28(39)23-14-15-23)13-8-16-41-21(3)10-7-9-20(2)34-29(40)24-18-33-38(43-32)26(24)22-11-5-4-6-12-22/h4-13,18,23H,1,3,14-16,32H2,2H3,(H,34,40)(H,35,37)(H,36,39)/b10-7-,13-8-,20-9+. The largest absolute Gasteiger partial charge is 0.490 e. The Morgan fingerprint density at radius 3 is 2.77 bits per heavy atom. The number of hydrogen-bond acceptors (Lipinski definition) is 10. The van der Waals surface area contributed by atoms with Gasteiger partial charge in [-0.3, -0.25) is 25.6 Å². The first-order valence-corrected chi connectivity index (χ1v) is 14.8. The van der Waals surface area contributed by atoms with E-state index in [1.165, 1.54) is 21.6 Å². The van der Waals surface area contributed by atoms with E-state index in [0.717, 1.165) is 30.5 Å². The highest BCUT2D eigenvalue weighted by atomic mass is 32.2. The normalized spacial score (nSPS) is 13.1. The lowest BCUT2D eigenvalue weighted by atomic mass is 10.1. The highest BCUT2D eigenvalue weighted by Crippen LogP contribution is 2.31. The Kier molecular flexibility index (Phi) is 10.7. The lowest BCUT2D eigenvalue weighted by molar-refractivity contribution is -0.121. The molecule has 11 nitrogen and oxygen atoms in total. The zero-order chi connectivity index (χ0) is 30.8. The number of benzene rings is 1. The summed E-state index contributed by atoms with van der Waals surface area (Å²) in [5.74, 6) is 0.0670. The summed E-state index contributed by atoms with van der Waals surface area (Å²) in [6, 6.07) is 11.5. The van der Waals surface area contributed by atoms with Crippen LogP contribution in [0.1, 0.15) is 40.7 Å². The van der Waals surface area contributed by atoms with Gasteiger partial charge in [0.05, 0.1) is 45.7 Å². The minimum absolute atomic E-state index is 0.0535. The predicted octanol–water partition coefficient (Wildman–Crippen LogP) is 5.20. The van der Waals surface area contributed by atoms with Crippen LogP contribution in [-0.2, 0) is 9.53 Å². The second-order valence-corrected chi connectivity index (χ2v) is 10.9. The molecule has 1 saturated carbocycles. The van der Waals surface area contributed by atoms with E-state index in [4.69, 9.17) is 9.88 Å². The molecule has 0 atom stereocenters. The number of hydrazine groups is 1.